The molecule has 2 aromatic rings. The SMILES string of the molecule is COC(=O)C(C)c1ccc(NS(=O)(=O)c2ccc(OC)cc2)cc1. The van der Waals surface area contributed by atoms with Crippen molar-refractivity contribution in [2.24, 2.45) is 0 Å². The molecule has 0 aliphatic carbocycles. The summed E-state index contributed by atoms with van der Waals surface area (Å²) in [5.41, 5.74) is 1.15. The van der Waals surface area contributed by atoms with Crippen LogP contribution < -0.4 is 9.46 Å². The standard InChI is InChI=1S/C17H19NO5S/c1-12(17(19)23-3)13-4-6-14(7-5-13)18-24(20,21)16-10-8-15(22-2)9-11-16/h4-12,18H,1-3H3. The third-order valence-corrected chi connectivity index (χ3v) is 4.98. The number of ether oxygens (including phenoxy) is 2. The van der Waals surface area contributed by atoms with Crippen LogP contribution in [-0.4, -0.2) is 28.6 Å². The molecule has 0 amide bonds. The van der Waals surface area contributed by atoms with E-state index in [0.29, 0.717) is 11.4 Å². The van der Waals surface area contributed by atoms with E-state index in [-0.39, 0.29) is 10.9 Å². The van der Waals surface area contributed by atoms with E-state index in [0.717, 1.165) is 5.56 Å². The molecule has 0 spiro atoms. The van der Waals surface area contributed by atoms with Gasteiger partial charge in [0.05, 0.1) is 25.0 Å². The highest BCUT2D eigenvalue weighted by atomic mass is 32.2. The lowest BCUT2D eigenvalue weighted by molar-refractivity contribution is -0.141. The van der Waals surface area contributed by atoms with E-state index < -0.39 is 15.9 Å². The third kappa shape index (κ3) is 4.05. The van der Waals surface area contributed by atoms with E-state index in [1.165, 1.54) is 26.4 Å². The van der Waals surface area contributed by atoms with Crippen molar-refractivity contribution in [3.63, 3.8) is 0 Å². The summed E-state index contributed by atoms with van der Waals surface area (Å²) in [6, 6.07) is 12.7. The zero-order valence-corrected chi connectivity index (χ0v) is 14.5. The molecule has 0 fully saturated rings. The number of hydrogen-bond acceptors (Lipinski definition) is 5. The van der Waals surface area contributed by atoms with Crippen molar-refractivity contribution in [1.29, 1.82) is 0 Å². The maximum absolute atomic E-state index is 12.3. The Bertz CT molecular complexity index is 798. The zero-order valence-electron chi connectivity index (χ0n) is 13.6. The van der Waals surface area contributed by atoms with Gasteiger partial charge in [-0.25, -0.2) is 8.42 Å². The van der Waals surface area contributed by atoms with Gasteiger partial charge >= 0.3 is 5.97 Å². The van der Waals surface area contributed by atoms with Crippen LogP contribution in [-0.2, 0) is 19.6 Å². The molecule has 7 heteroatoms. The van der Waals surface area contributed by atoms with Gasteiger partial charge in [-0.2, -0.15) is 0 Å². The minimum atomic E-state index is -3.69. The van der Waals surface area contributed by atoms with Crippen molar-refractivity contribution in [2.75, 3.05) is 18.9 Å². The predicted octanol–water partition coefficient (Wildman–Crippen LogP) is 2.77. The summed E-state index contributed by atoms with van der Waals surface area (Å²) >= 11 is 0. The Hall–Kier alpha value is -2.54. The average Bonchev–Trinajstić information content (AvgIpc) is 2.60. The lowest BCUT2D eigenvalue weighted by Gasteiger charge is -2.12. The number of methoxy groups -OCH3 is 2. The first kappa shape index (κ1) is 17.8. The molecule has 0 saturated heterocycles. The Morgan fingerprint density at radius 2 is 1.58 bits per heavy atom. The topological polar surface area (TPSA) is 81.7 Å². The molecule has 128 valence electrons. The molecule has 24 heavy (non-hydrogen) atoms. The zero-order chi connectivity index (χ0) is 17.7. The first-order chi connectivity index (χ1) is 11.4. The van der Waals surface area contributed by atoms with Crippen molar-refractivity contribution in [1.82, 2.24) is 0 Å². The summed E-state index contributed by atoms with van der Waals surface area (Å²) in [5, 5.41) is 0. The van der Waals surface area contributed by atoms with Crippen molar-refractivity contribution < 1.29 is 22.7 Å². The Kier molecular flexibility index (Phi) is 5.46. The van der Waals surface area contributed by atoms with Gasteiger partial charge in [0.1, 0.15) is 5.75 Å². The molecular weight excluding hydrogens is 330 g/mol. The van der Waals surface area contributed by atoms with E-state index in [2.05, 4.69) is 4.72 Å². The van der Waals surface area contributed by atoms with Gasteiger partial charge in [0.25, 0.3) is 10.0 Å². The number of esters is 1. The fourth-order valence-electron chi connectivity index (χ4n) is 2.12. The average molecular weight is 349 g/mol. The quantitative estimate of drug-likeness (QED) is 0.811. The van der Waals surface area contributed by atoms with Crippen LogP contribution in [0.2, 0.25) is 0 Å². The van der Waals surface area contributed by atoms with E-state index in [4.69, 9.17) is 9.47 Å². The fourth-order valence-corrected chi connectivity index (χ4v) is 3.18. The number of anilines is 1. The molecule has 0 aliphatic rings. The molecule has 2 rings (SSSR count). The van der Waals surface area contributed by atoms with Crippen LogP contribution in [0.4, 0.5) is 5.69 Å². The number of carbonyl (C=O) groups is 1. The van der Waals surface area contributed by atoms with Crippen LogP contribution >= 0.6 is 0 Å². The van der Waals surface area contributed by atoms with Gasteiger partial charge in [0, 0.05) is 5.69 Å². The second-order valence-electron chi connectivity index (χ2n) is 5.15. The van der Waals surface area contributed by atoms with Gasteiger partial charge < -0.3 is 9.47 Å². The van der Waals surface area contributed by atoms with Crippen LogP contribution in [0, 0.1) is 0 Å². The molecule has 0 aliphatic heterocycles. The maximum atomic E-state index is 12.3. The Balaban J connectivity index is 2.16. The molecule has 1 atom stereocenters. The highest BCUT2D eigenvalue weighted by molar-refractivity contribution is 7.92. The second kappa shape index (κ2) is 7.35. The second-order valence-corrected chi connectivity index (χ2v) is 6.83. The maximum Gasteiger partial charge on any atom is 0.312 e. The third-order valence-electron chi connectivity index (χ3n) is 3.59. The number of sulfonamides is 1. The van der Waals surface area contributed by atoms with Gasteiger partial charge in [-0.3, -0.25) is 9.52 Å². The van der Waals surface area contributed by atoms with E-state index in [1.807, 2.05) is 0 Å². The molecule has 0 aromatic heterocycles. The summed E-state index contributed by atoms with van der Waals surface area (Å²) in [7, 11) is -0.848. The van der Waals surface area contributed by atoms with Crippen molar-refractivity contribution >= 4 is 21.7 Å². The lowest BCUT2D eigenvalue weighted by Crippen LogP contribution is -2.13. The number of hydrogen-bond donors (Lipinski definition) is 1. The Morgan fingerprint density at radius 1 is 1.00 bits per heavy atom. The summed E-state index contributed by atoms with van der Waals surface area (Å²) in [5.74, 6) is -0.182. The molecule has 0 saturated carbocycles. The lowest BCUT2D eigenvalue weighted by atomic mass is 10.0. The largest absolute Gasteiger partial charge is 0.497 e. The van der Waals surface area contributed by atoms with Crippen molar-refractivity contribution in [2.45, 2.75) is 17.7 Å². The van der Waals surface area contributed by atoms with Crippen LogP contribution in [0.25, 0.3) is 0 Å². The van der Waals surface area contributed by atoms with Gasteiger partial charge in [-0.05, 0) is 48.9 Å². The van der Waals surface area contributed by atoms with Gasteiger partial charge in [-0.15, -0.1) is 0 Å². The Morgan fingerprint density at radius 3 is 2.08 bits per heavy atom. The minimum Gasteiger partial charge on any atom is -0.497 e. The van der Waals surface area contributed by atoms with E-state index >= 15 is 0 Å². The molecule has 1 N–H and O–H groups in total. The van der Waals surface area contributed by atoms with Gasteiger partial charge in [-0.1, -0.05) is 12.1 Å². The van der Waals surface area contributed by atoms with Gasteiger partial charge in [0.2, 0.25) is 0 Å². The monoisotopic (exact) mass is 349 g/mol. The van der Waals surface area contributed by atoms with Crippen molar-refractivity contribution in [3.05, 3.63) is 54.1 Å². The van der Waals surface area contributed by atoms with E-state index in [9.17, 15) is 13.2 Å². The van der Waals surface area contributed by atoms with Crippen LogP contribution in [0.5, 0.6) is 5.75 Å². The minimum absolute atomic E-state index is 0.135. The van der Waals surface area contributed by atoms with Crippen molar-refractivity contribution in [3.8, 4) is 5.75 Å². The molecule has 2 aromatic carbocycles. The highest BCUT2D eigenvalue weighted by Gasteiger charge is 2.17. The first-order valence-corrected chi connectivity index (χ1v) is 8.70. The number of carbonyl (C=O) groups excluding carboxylic acids is 1. The van der Waals surface area contributed by atoms with Crippen LogP contribution in [0.3, 0.4) is 0 Å². The number of rotatable bonds is 6. The number of benzene rings is 2. The van der Waals surface area contributed by atoms with Crippen LogP contribution in [0.1, 0.15) is 18.4 Å². The summed E-state index contributed by atoms with van der Waals surface area (Å²) in [4.78, 5) is 11.7. The smallest absolute Gasteiger partial charge is 0.312 e. The van der Waals surface area contributed by atoms with Gasteiger partial charge in [0.15, 0.2) is 0 Å². The van der Waals surface area contributed by atoms with E-state index in [1.54, 1.807) is 43.3 Å². The summed E-state index contributed by atoms with van der Waals surface area (Å²) in [6.07, 6.45) is 0. The Labute approximate surface area is 141 Å². The molecule has 6 nitrogen and oxygen atoms in total. The predicted molar refractivity (Wildman–Crippen MR) is 90.7 cm³/mol. The molecular formula is C17H19NO5S. The summed E-state index contributed by atoms with van der Waals surface area (Å²) in [6.45, 7) is 1.72. The molecule has 0 bridgehead atoms. The molecule has 1 unspecified atom stereocenters. The fraction of sp³-hybridized carbons (Fsp3) is 0.235. The summed E-state index contributed by atoms with van der Waals surface area (Å²) < 4.78 is 36.9. The molecule has 0 heterocycles. The first-order valence-electron chi connectivity index (χ1n) is 7.22. The normalized spacial score (nSPS) is 12.3. The van der Waals surface area contributed by atoms with Crippen LogP contribution in [0.15, 0.2) is 53.4 Å². The number of nitrogens with one attached hydrogen (secondary N) is 1. The molecule has 0 radical (unpaired) electrons. The highest BCUT2D eigenvalue weighted by Crippen LogP contribution is 2.22.